The van der Waals surface area contributed by atoms with Gasteiger partial charge in [-0.2, -0.15) is 13.2 Å². The first kappa shape index (κ1) is 13.5. The molecule has 18 heavy (non-hydrogen) atoms. The average molecular weight is 281 g/mol. The van der Waals surface area contributed by atoms with Gasteiger partial charge in [0.05, 0.1) is 11.7 Å². The van der Waals surface area contributed by atoms with E-state index in [1.54, 1.807) is 0 Å². The lowest BCUT2D eigenvalue weighted by Crippen LogP contribution is -2.18. The van der Waals surface area contributed by atoms with Gasteiger partial charge in [-0.1, -0.05) is 11.6 Å². The van der Waals surface area contributed by atoms with E-state index in [1.807, 2.05) is 0 Å². The minimum absolute atomic E-state index is 0.0341. The molecule has 1 unspecified atom stereocenters. The zero-order valence-corrected chi connectivity index (χ0v) is 10.2. The van der Waals surface area contributed by atoms with Gasteiger partial charge in [-0.25, -0.2) is 0 Å². The zero-order valence-electron chi connectivity index (χ0n) is 9.47. The number of alkyl halides is 3. The van der Waals surface area contributed by atoms with E-state index < -0.39 is 11.7 Å². The lowest BCUT2D eigenvalue weighted by molar-refractivity contribution is -0.139. The van der Waals surface area contributed by atoms with Crippen LogP contribution in [-0.4, -0.2) is 19.3 Å². The third-order valence-electron chi connectivity index (χ3n) is 2.70. The molecule has 0 saturated carbocycles. The van der Waals surface area contributed by atoms with E-state index in [0.29, 0.717) is 6.61 Å². The molecule has 1 heterocycles. The van der Waals surface area contributed by atoms with E-state index >= 15 is 0 Å². The number of benzene rings is 1. The van der Waals surface area contributed by atoms with Gasteiger partial charge in [0, 0.05) is 11.6 Å². The predicted octanol–water partition coefficient (Wildman–Crippen LogP) is 3.92. The molecule has 0 aromatic heterocycles. The molecule has 0 radical (unpaired) electrons. The fourth-order valence-electron chi connectivity index (χ4n) is 1.81. The van der Waals surface area contributed by atoms with E-state index in [9.17, 15) is 13.2 Å². The Bertz CT molecular complexity index is 414. The summed E-state index contributed by atoms with van der Waals surface area (Å²) in [6.07, 6.45) is -2.87. The molecule has 1 aliphatic heterocycles. The third kappa shape index (κ3) is 3.29. The minimum Gasteiger partial charge on any atom is -0.490 e. The average Bonchev–Trinajstić information content (AvgIpc) is 2.79. The fraction of sp³-hybridized carbons (Fsp3) is 0.500. The molecule has 0 bridgehead atoms. The summed E-state index contributed by atoms with van der Waals surface area (Å²) in [4.78, 5) is 0. The Morgan fingerprint density at radius 1 is 1.39 bits per heavy atom. The smallest absolute Gasteiger partial charge is 0.420 e. The molecule has 100 valence electrons. The van der Waals surface area contributed by atoms with Gasteiger partial charge in [0.25, 0.3) is 0 Å². The summed E-state index contributed by atoms with van der Waals surface area (Å²) >= 11 is 5.57. The van der Waals surface area contributed by atoms with Crippen LogP contribution in [0.2, 0.25) is 5.02 Å². The minimum atomic E-state index is -4.48. The summed E-state index contributed by atoms with van der Waals surface area (Å²) in [7, 11) is 0. The molecule has 1 fully saturated rings. The maximum absolute atomic E-state index is 12.8. The Balaban J connectivity index is 2.11. The topological polar surface area (TPSA) is 18.5 Å². The normalized spacial score (nSPS) is 20.1. The van der Waals surface area contributed by atoms with Crippen LogP contribution >= 0.6 is 11.6 Å². The van der Waals surface area contributed by atoms with Crippen molar-refractivity contribution in [3.05, 3.63) is 28.8 Å². The van der Waals surface area contributed by atoms with Crippen LogP contribution < -0.4 is 4.74 Å². The predicted molar refractivity (Wildman–Crippen MR) is 60.9 cm³/mol. The SMILES string of the molecule is FC(F)(F)c1cc(Cl)ccc1OCC1CCCO1. The van der Waals surface area contributed by atoms with E-state index in [2.05, 4.69) is 0 Å². The molecule has 0 spiro atoms. The van der Waals surface area contributed by atoms with E-state index in [4.69, 9.17) is 21.1 Å². The van der Waals surface area contributed by atoms with Gasteiger partial charge >= 0.3 is 6.18 Å². The van der Waals surface area contributed by atoms with Crippen molar-refractivity contribution in [2.45, 2.75) is 25.1 Å². The highest BCUT2D eigenvalue weighted by molar-refractivity contribution is 6.30. The maximum Gasteiger partial charge on any atom is 0.420 e. The van der Waals surface area contributed by atoms with Crippen LogP contribution in [0.3, 0.4) is 0 Å². The Morgan fingerprint density at radius 3 is 2.78 bits per heavy atom. The Kier molecular flexibility index (Phi) is 4.02. The third-order valence-corrected chi connectivity index (χ3v) is 2.93. The second kappa shape index (κ2) is 5.36. The molecule has 0 N–H and O–H groups in total. The van der Waals surface area contributed by atoms with Gasteiger partial charge in [0.2, 0.25) is 0 Å². The van der Waals surface area contributed by atoms with E-state index in [-0.39, 0.29) is 23.5 Å². The molecule has 0 amide bonds. The quantitative estimate of drug-likeness (QED) is 0.835. The molecule has 6 heteroatoms. The van der Waals surface area contributed by atoms with Crippen molar-refractivity contribution in [3.63, 3.8) is 0 Å². The van der Waals surface area contributed by atoms with Gasteiger partial charge in [0.1, 0.15) is 12.4 Å². The van der Waals surface area contributed by atoms with E-state index in [1.165, 1.54) is 12.1 Å². The molecular weight excluding hydrogens is 269 g/mol. The van der Waals surface area contributed by atoms with Gasteiger partial charge < -0.3 is 9.47 Å². The highest BCUT2D eigenvalue weighted by Crippen LogP contribution is 2.37. The van der Waals surface area contributed by atoms with Crippen molar-refractivity contribution in [2.75, 3.05) is 13.2 Å². The highest BCUT2D eigenvalue weighted by Gasteiger charge is 2.35. The second-order valence-electron chi connectivity index (χ2n) is 4.08. The Labute approximate surface area is 108 Å². The standard InChI is InChI=1S/C12H12ClF3O2/c13-8-3-4-11(10(6-8)12(14,15)16)18-7-9-2-1-5-17-9/h3-4,6,9H,1-2,5,7H2. The number of hydrogen-bond acceptors (Lipinski definition) is 2. The van der Waals surface area contributed by atoms with Crippen LogP contribution in [0.5, 0.6) is 5.75 Å². The second-order valence-corrected chi connectivity index (χ2v) is 4.52. The molecular formula is C12H12ClF3O2. The monoisotopic (exact) mass is 280 g/mol. The number of ether oxygens (including phenoxy) is 2. The summed E-state index contributed by atoms with van der Waals surface area (Å²) < 4.78 is 48.8. The summed E-state index contributed by atoms with van der Waals surface area (Å²) in [5, 5.41) is 0.0341. The molecule has 1 aromatic carbocycles. The van der Waals surface area contributed by atoms with Gasteiger partial charge in [-0.15, -0.1) is 0 Å². The van der Waals surface area contributed by atoms with Crippen molar-refractivity contribution in [2.24, 2.45) is 0 Å². The molecule has 1 aliphatic rings. The highest BCUT2D eigenvalue weighted by atomic mass is 35.5. The van der Waals surface area contributed by atoms with Crippen LogP contribution in [0.1, 0.15) is 18.4 Å². The molecule has 0 aliphatic carbocycles. The lowest BCUT2D eigenvalue weighted by atomic mass is 10.2. The summed E-state index contributed by atoms with van der Waals surface area (Å²) in [5.74, 6) is -0.206. The van der Waals surface area contributed by atoms with Crippen LogP contribution in [-0.2, 0) is 10.9 Å². The van der Waals surface area contributed by atoms with Gasteiger partial charge in [0.15, 0.2) is 0 Å². The van der Waals surface area contributed by atoms with Crippen molar-refractivity contribution >= 4 is 11.6 Å². The van der Waals surface area contributed by atoms with Crippen LogP contribution in [0.25, 0.3) is 0 Å². The molecule has 1 aromatic rings. The van der Waals surface area contributed by atoms with Crippen LogP contribution in [0.4, 0.5) is 13.2 Å². The molecule has 1 atom stereocenters. The van der Waals surface area contributed by atoms with Crippen molar-refractivity contribution in [1.82, 2.24) is 0 Å². The maximum atomic E-state index is 12.8. The Morgan fingerprint density at radius 2 is 2.17 bits per heavy atom. The summed E-state index contributed by atoms with van der Waals surface area (Å²) in [6.45, 7) is 0.769. The van der Waals surface area contributed by atoms with Crippen molar-refractivity contribution in [3.8, 4) is 5.75 Å². The van der Waals surface area contributed by atoms with Gasteiger partial charge in [-0.05, 0) is 31.0 Å². The molecule has 2 nitrogen and oxygen atoms in total. The lowest BCUT2D eigenvalue weighted by Gasteiger charge is -2.16. The van der Waals surface area contributed by atoms with Crippen LogP contribution in [0.15, 0.2) is 18.2 Å². The first-order valence-electron chi connectivity index (χ1n) is 5.58. The van der Waals surface area contributed by atoms with E-state index in [0.717, 1.165) is 18.9 Å². The first-order chi connectivity index (χ1) is 8.47. The van der Waals surface area contributed by atoms with Crippen LogP contribution in [0, 0.1) is 0 Å². The fourth-order valence-corrected chi connectivity index (χ4v) is 1.98. The zero-order chi connectivity index (χ0) is 13.2. The largest absolute Gasteiger partial charge is 0.490 e. The van der Waals surface area contributed by atoms with Gasteiger partial charge in [-0.3, -0.25) is 0 Å². The first-order valence-corrected chi connectivity index (χ1v) is 5.96. The van der Waals surface area contributed by atoms with Crippen molar-refractivity contribution in [1.29, 1.82) is 0 Å². The molecule has 1 saturated heterocycles. The number of hydrogen-bond donors (Lipinski definition) is 0. The Hall–Kier alpha value is -0.940. The molecule has 2 rings (SSSR count). The summed E-state index contributed by atoms with van der Waals surface area (Å²) in [5.41, 5.74) is -0.854. The van der Waals surface area contributed by atoms with Crippen molar-refractivity contribution < 1.29 is 22.6 Å². The number of halogens is 4. The number of rotatable bonds is 3. The summed E-state index contributed by atoms with van der Waals surface area (Å²) in [6, 6.07) is 3.48.